The molecule has 3 heterocycles. The van der Waals surface area contributed by atoms with Gasteiger partial charge < -0.3 is 9.51 Å². The van der Waals surface area contributed by atoms with Crippen molar-refractivity contribution in [3.63, 3.8) is 0 Å². The molecule has 3 aromatic heterocycles. The van der Waals surface area contributed by atoms with E-state index in [1.165, 1.54) is 13.4 Å². The third kappa shape index (κ3) is 2.49. The fraction of sp³-hybridized carbons (Fsp3) is 0.188. The number of sulfonamides is 1. The molecule has 26 heavy (non-hydrogen) atoms. The van der Waals surface area contributed by atoms with E-state index in [-0.39, 0.29) is 4.90 Å². The molecule has 1 N–H and O–H groups in total. The van der Waals surface area contributed by atoms with E-state index in [2.05, 4.69) is 19.5 Å². The first-order valence-electron chi connectivity index (χ1n) is 7.69. The Labute approximate surface area is 153 Å². The van der Waals surface area contributed by atoms with Gasteiger partial charge in [0.15, 0.2) is 0 Å². The van der Waals surface area contributed by atoms with Crippen LogP contribution in [0, 0.1) is 13.8 Å². The average Bonchev–Trinajstić information content (AvgIpc) is 3.34. The number of nitrogens with zero attached hydrogens (tertiary/aromatic N) is 4. The van der Waals surface area contributed by atoms with Crippen molar-refractivity contribution in [2.24, 2.45) is 0 Å². The number of anilines is 1. The Kier molecular flexibility index (Phi) is 3.81. The van der Waals surface area contributed by atoms with E-state index in [0.717, 1.165) is 43.8 Å². The largest absolute Gasteiger partial charge is 0.361 e. The van der Waals surface area contributed by atoms with Crippen LogP contribution in [0.15, 0.2) is 40.1 Å². The molecule has 0 spiro atoms. The molecule has 4 aromatic rings. The van der Waals surface area contributed by atoms with Crippen molar-refractivity contribution < 1.29 is 12.9 Å². The minimum Gasteiger partial charge on any atom is -0.361 e. The van der Waals surface area contributed by atoms with Gasteiger partial charge in [0.05, 0.1) is 10.6 Å². The van der Waals surface area contributed by atoms with Gasteiger partial charge in [0.1, 0.15) is 12.1 Å². The molecular formula is C16H15N5O3S2. The zero-order valence-corrected chi connectivity index (χ0v) is 15.8. The van der Waals surface area contributed by atoms with E-state index in [1.54, 1.807) is 18.2 Å². The van der Waals surface area contributed by atoms with Crippen LogP contribution in [0.1, 0.15) is 11.5 Å². The summed E-state index contributed by atoms with van der Waals surface area (Å²) in [5.74, 6) is 0.719. The first-order chi connectivity index (χ1) is 12.4. The maximum atomic E-state index is 12.8. The maximum absolute atomic E-state index is 12.8. The summed E-state index contributed by atoms with van der Waals surface area (Å²) in [5, 5.41) is 5.20. The number of benzene rings is 1. The van der Waals surface area contributed by atoms with E-state index in [4.69, 9.17) is 4.52 Å². The van der Waals surface area contributed by atoms with Crippen LogP contribution in [0.3, 0.4) is 0 Å². The second-order valence-corrected chi connectivity index (χ2v) is 8.53. The van der Waals surface area contributed by atoms with Crippen molar-refractivity contribution >= 4 is 37.6 Å². The minimum atomic E-state index is -3.72. The molecule has 0 aliphatic carbocycles. The van der Waals surface area contributed by atoms with Crippen LogP contribution in [0.5, 0.6) is 0 Å². The minimum absolute atomic E-state index is 0.176. The highest BCUT2D eigenvalue weighted by molar-refractivity contribution is 7.93. The van der Waals surface area contributed by atoms with Gasteiger partial charge in [-0.3, -0.25) is 0 Å². The zero-order valence-electron chi connectivity index (χ0n) is 14.2. The van der Waals surface area contributed by atoms with Crippen LogP contribution in [0.25, 0.3) is 22.0 Å². The first kappa shape index (κ1) is 16.7. The Bertz CT molecular complexity index is 1170. The summed E-state index contributed by atoms with van der Waals surface area (Å²) >= 11 is 1.02. The first-order valence-corrected chi connectivity index (χ1v) is 9.91. The van der Waals surface area contributed by atoms with E-state index >= 15 is 0 Å². The molecular weight excluding hydrogens is 374 g/mol. The van der Waals surface area contributed by atoms with Gasteiger partial charge in [-0.25, -0.2) is 17.7 Å². The molecule has 0 radical (unpaired) electrons. The van der Waals surface area contributed by atoms with Crippen molar-refractivity contribution in [1.82, 2.24) is 19.5 Å². The molecule has 10 heteroatoms. The van der Waals surface area contributed by atoms with Crippen molar-refractivity contribution in [3.8, 4) is 11.1 Å². The molecule has 0 aliphatic rings. The van der Waals surface area contributed by atoms with Gasteiger partial charge in [0.2, 0.25) is 5.13 Å². The average molecular weight is 389 g/mol. The fourth-order valence-corrected chi connectivity index (χ4v) is 4.78. The Morgan fingerprint density at radius 1 is 1.27 bits per heavy atom. The summed E-state index contributed by atoms with van der Waals surface area (Å²) in [6, 6.07) is 4.99. The summed E-state index contributed by atoms with van der Waals surface area (Å²) in [6.07, 6.45) is 3.16. The SMILES string of the molecule is Cc1noc(C)c1-c1c[nH]c2cc(S(=O)(=O)N(C)c3ncns3)ccc12. The van der Waals surface area contributed by atoms with Crippen LogP contribution in [-0.4, -0.2) is 35.0 Å². The lowest BCUT2D eigenvalue weighted by Crippen LogP contribution is -2.26. The second kappa shape index (κ2) is 5.92. The van der Waals surface area contributed by atoms with Crippen LogP contribution >= 0.6 is 11.5 Å². The summed E-state index contributed by atoms with van der Waals surface area (Å²) in [4.78, 5) is 7.27. The standard InChI is InChI=1S/C16H15N5O3S2/c1-9-15(10(2)24-20-9)13-7-17-14-6-11(4-5-12(13)14)26(22,23)21(3)16-18-8-19-25-16/h4-8,17H,1-3H3. The van der Waals surface area contributed by atoms with Gasteiger partial charge in [0.25, 0.3) is 10.0 Å². The number of nitrogens with one attached hydrogen (secondary N) is 1. The number of hydrogen-bond donors (Lipinski definition) is 1. The highest BCUT2D eigenvalue weighted by Gasteiger charge is 2.24. The highest BCUT2D eigenvalue weighted by atomic mass is 32.2. The van der Waals surface area contributed by atoms with Gasteiger partial charge >= 0.3 is 0 Å². The molecule has 0 bridgehead atoms. The molecule has 0 saturated carbocycles. The van der Waals surface area contributed by atoms with Gasteiger partial charge in [-0.2, -0.15) is 4.37 Å². The summed E-state index contributed by atoms with van der Waals surface area (Å²) < 4.78 is 35.9. The number of hydrogen-bond acceptors (Lipinski definition) is 7. The number of aromatic nitrogens is 4. The molecule has 4 rings (SSSR count). The number of aromatic amines is 1. The summed E-state index contributed by atoms with van der Waals surface area (Å²) in [7, 11) is -2.26. The predicted octanol–water partition coefficient (Wildman–Crippen LogP) is 3.12. The third-order valence-electron chi connectivity index (χ3n) is 4.23. The van der Waals surface area contributed by atoms with E-state index in [0.29, 0.717) is 10.6 Å². The quantitative estimate of drug-likeness (QED) is 0.575. The van der Waals surface area contributed by atoms with Crippen molar-refractivity contribution in [2.75, 3.05) is 11.4 Å². The molecule has 0 aliphatic heterocycles. The van der Waals surface area contributed by atoms with Gasteiger partial charge in [-0.05, 0) is 26.0 Å². The number of fused-ring (bicyclic) bond motifs is 1. The lowest BCUT2D eigenvalue weighted by atomic mass is 10.0. The molecule has 0 unspecified atom stereocenters. The Morgan fingerprint density at radius 2 is 2.08 bits per heavy atom. The Balaban J connectivity index is 1.81. The zero-order chi connectivity index (χ0) is 18.5. The number of aryl methyl sites for hydroxylation is 2. The van der Waals surface area contributed by atoms with Crippen LogP contribution in [0.4, 0.5) is 5.13 Å². The lowest BCUT2D eigenvalue weighted by Gasteiger charge is -2.15. The van der Waals surface area contributed by atoms with Gasteiger partial charge in [-0.15, -0.1) is 0 Å². The Hall–Kier alpha value is -2.72. The monoisotopic (exact) mass is 389 g/mol. The molecule has 1 aromatic carbocycles. The molecule has 0 amide bonds. The van der Waals surface area contributed by atoms with Gasteiger partial charge in [-0.1, -0.05) is 11.2 Å². The second-order valence-electron chi connectivity index (χ2n) is 5.81. The molecule has 0 fully saturated rings. The number of rotatable bonds is 4. The van der Waals surface area contributed by atoms with Crippen LogP contribution in [-0.2, 0) is 10.0 Å². The molecule has 134 valence electrons. The van der Waals surface area contributed by atoms with Crippen molar-refractivity contribution in [1.29, 1.82) is 0 Å². The van der Waals surface area contributed by atoms with Crippen molar-refractivity contribution in [3.05, 3.63) is 42.2 Å². The topological polar surface area (TPSA) is 105 Å². The number of H-pyrrole nitrogens is 1. The van der Waals surface area contributed by atoms with Gasteiger partial charge in [0, 0.05) is 46.8 Å². The predicted molar refractivity (Wildman–Crippen MR) is 98.8 cm³/mol. The lowest BCUT2D eigenvalue weighted by molar-refractivity contribution is 0.393. The molecule has 8 nitrogen and oxygen atoms in total. The molecule has 0 saturated heterocycles. The molecule has 0 atom stereocenters. The van der Waals surface area contributed by atoms with E-state index < -0.39 is 10.0 Å². The van der Waals surface area contributed by atoms with Crippen LogP contribution < -0.4 is 4.31 Å². The maximum Gasteiger partial charge on any atom is 0.265 e. The fourth-order valence-electron chi connectivity index (χ4n) is 2.91. The highest BCUT2D eigenvalue weighted by Crippen LogP contribution is 2.34. The summed E-state index contributed by atoms with van der Waals surface area (Å²) in [6.45, 7) is 3.73. The van der Waals surface area contributed by atoms with E-state index in [1.807, 2.05) is 20.0 Å². The van der Waals surface area contributed by atoms with Crippen LogP contribution in [0.2, 0.25) is 0 Å². The third-order valence-corrected chi connectivity index (χ3v) is 6.83. The Morgan fingerprint density at radius 3 is 2.73 bits per heavy atom. The normalized spacial score (nSPS) is 12.0. The van der Waals surface area contributed by atoms with E-state index in [9.17, 15) is 8.42 Å². The summed E-state index contributed by atoms with van der Waals surface area (Å²) in [5.41, 5.74) is 3.35. The van der Waals surface area contributed by atoms with Crippen molar-refractivity contribution in [2.45, 2.75) is 18.7 Å². The smallest absolute Gasteiger partial charge is 0.265 e.